The molecular formula is C7H13ClO3S. The van der Waals surface area contributed by atoms with Crippen LogP contribution in [0.5, 0.6) is 0 Å². The van der Waals surface area contributed by atoms with Gasteiger partial charge in [0.05, 0.1) is 0 Å². The molecule has 1 atom stereocenters. The Hall–Kier alpha value is 0.0700. The Labute approximate surface area is 81.7 Å². The van der Waals surface area contributed by atoms with Crippen LogP contribution >= 0.6 is 23.4 Å². The topological polar surface area (TPSA) is 35.5 Å². The Morgan fingerprint density at radius 2 is 2.17 bits per heavy atom. The fourth-order valence-electron chi connectivity index (χ4n) is 0.338. The number of carbonyl (C=O) groups excluding carboxylic acids is 1. The smallest absolute Gasteiger partial charge is 0.284 e. The predicted molar refractivity (Wildman–Crippen MR) is 50.2 cm³/mol. The molecular weight excluding hydrogens is 200 g/mol. The van der Waals surface area contributed by atoms with E-state index in [4.69, 9.17) is 11.6 Å². The molecule has 0 aliphatic carbocycles. The van der Waals surface area contributed by atoms with Crippen LogP contribution in [-0.2, 0) is 9.78 Å². The number of hydrogen-bond donors (Lipinski definition) is 0. The highest BCUT2D eigenvalue weighted by Gasteiger charge is 2.13. The number of carbonyl (C=O) groups is 1. The Balaban J connectivity index is 3.47. The van der Waals surface area contributed by atoms with E-state index in [1.807, 2.05) is 20.8 Å². The summed E-state index contributed by atoms with van der Waals surface area (Å²) in [7, 11) is 0. The molecule has 0 amide bonds. The van der Waals surface area contributed by atoms with Gasteiger partial charge in [-0.15, -0.1) is 0 Å². The van der Waals surface area contributed by atoms with Crippen molar-refractivity contribution in [2.75, 3.05) is 5.75 Å². The highest BCUT2D eigenvalue weighted by Crippen LogP contribution is 2.13. The van der Waals surface area contributed by atoms with Gasteiger partial charge in [0.25, 0.3) is 0 Å². The molecule has 0 aromatic carbocycles. The van der Waals surface area contributed by atoms with Gasteiger partial charge in [0.1, 0.15) is 0 Å². The van der Waals surface area contributed by atoms with Crippen molar-refractivity contribution < 1.29 is 14.6 Å². The number of thioether (sulfide) groups is 1. The van der Waals surface area contributed by atoms with Crippen molar-refractivity contribution in [3.8, 4) is 0 Å². The van der Waals surface area contributed by atoms with Crippen LogP contribution in [0.2, 0.25) is 0 Å². The molecule has 72 valence electrons. The zero-order valence-electron chi connectivity index (χ0n) is 7.37. The van der Waals surface area contributed by atoms with Crippen LogP contribution in [0.1, 0.15) is 20.8 Å². The summed E-state index contributed by atoms with van der Waals surface area (Å²) in [4.78, 5) is 19.7. The minimum Gasteiger partial charge on any atom is -0.284 e. The second-order valence-corrected chi connectivity index (χ2v) is 4.09. The average molecular weight is 213 g/mol. The Bertz CT molecular complexity index is 141. The van der Waals surface area contributed by atoms with Crippen molar-refractivity contribution in [3.05, 3.63) is 0 Å². The second-order valence-electron chi connectivity index (χ2n) is 2.46. The normalized spacial score (nSPS) is 13.1. The number of halogens is 1. The van der Waals surface area contributed by atoms with Crippen LogP contribution in [0.3, 0.4) is 0 Å². The van der Waals surface area contributed by atoms with Crippen molar-refractivity contribution in [1.29, 1.82) is 0 Å². The third-order valence-electron chi connectivity index (χ3n) is 0.994. The van der Waals surface area contributed by atoms with Gasteiger partial charge in [0.2, 0.25) is 0 Å². The SMILES string of the molecule is CCSC(=O)OOC(Cl)C(C)C. The van der Waals surface area contributed by atoms with E-state index in [1.165, 1.54) is 0 Å². The van der Waals surface area contributed by atoms with Gasteiger partial charge in [-0.1, -0.05) is 32.4 Å². The second kappa shape index (κ2) is 6.57. The van der Waals surface area contributed by atoms with Crippen LogP contribution in [0.4, 0.5) is 4.79 Å². The zero-order chi connectivity index (χ0) is 9.56. The lowest BCUT2D eigenvalue weighted by Gasteiger charge is -2.11. The van der Waals surface area contributed by atoms with E-state index in [0.717, 1.165) is 11.8 Å². The van der Waals surface area contributed by atoms with Crippen molar-refractivity contribution in [2.24, 2.45) is 5.92 Å². The van der Waals surface area contributed by atoms with Crippen LogP contribution < -0.4 is 0 Å². The first-order valence-corrected chi connectivity index (χ1v) is 5.14. The van der Waals surface area contributed by atoms with Crippen LogP contribution in [0.25, 0.3) is 0 Å². The molecule has 1 unspecified atom stereocenters. The van der Waals surface area contributed by atoms with Gasteiger partial charge in [0, 0.05) is 5.75 Å². The van der Waals surface area contributed by atoms with Crippen LogP contribution in [0.15, 0.2) is 0 Å². The Kier molecular flexibility index (Phi) is 6.61. The van der Waals surface area contributed by atoms with Gasteiger partial charge >= 0.3 is 5.30 Å². The summed E-state index contributed by atoms with van der Waals surface area (Å²) in [5.41, 5.74) is -0.577. The standard InChI is InChI=1S/C7H13ClO3S/c1-4-12-7(9)11-10-6(8)5(2)3/h5-6H,4H2,1-3H3. The molecule has 0 heterocycles. The molecule has 0 aliphatic heterocycles. The van der Waals surface area contributed by atoms with Crippen molar-refractivity contribution in [3.63, 3.8) is 0 Å². The monoisotopic (exact) mass is 212 g/mol. The first-order chi connectivity index (χ1) is 5.57. The molecule has 3 nitrogen and oxygen atoms in total. The summed E-state index contributed by atoms with van der Waals surface area (Å²) < 4.78 is 0. The average Bonchev–Trinajstić information content (AvgIpc) is 2.00. The van der Waals surface area contributed by atoms with Crippen molar-refractivity contribution in [1.82, 2.24) is 0 Å². The Morgan fingerprint density at radius 1 is 1.58 bits per heavy atom. The molecule has 0 saturated heterocycles. The lowest BCUT2D eigenvalue weighted by Crippen LogP contribution is -2.14. The first-order valence-electron chi connectivity index (χ1n) is 3.72. The Morgan fingerprint density at radius 3 is 2.58 bits per heavy atom. The maximum atomic E-state index is 10.7. The third kappa shape index (κ3) is 5.69. The summed E-state index contributed by atoms with van der Waals surface area (Å²) >= 11 is 6.69. The fraction of sp³-hybridized carbons (Fsp3) is 0.857. The van der Waals surface area contributed by atoms with Crippen molar-refractivity contribution in [2.45, 2.75) is 26.3 Å². The molecule has 0 radical (unpaired) electrons. The highest BCUT2D eigenvalue weighted by atomic mass is 35.5. The highest BCUT2D eigenvalue weighted by molar-refractivity contribution is 8.13. The maximum absolute atomic E-state index is 10.7. The van der Waals surface area contributed by atoms with E-state index in [9.17, 15) is 4.79 Å². The minimum atomic E-state index is -0.577. The molecule has 5 heteroatoms. The van der Waals surface area contributed by atoms with Gasteiger partial charge in [0.15, 0.2) is 5.56 Å². The van der Waals surface area contributed by atoms with E-state index >= 15 is 0 Å². The van der Waals surface area contributed by atoms with Gasteiger partial charge < -0.3 is 0 Å². The summed E-state index contributed by atoms with van der Waals surface area (Å²) in [6.07, 6.45) is 0. The lowest BCUT2D eigenvalue weighted by molar-refractivity contribution is -0.251. The fourth-order valence-corrected chi connectivity index (χ4v) is 0.698. The number of alkyl halides is 1. The molecule has 0 bridgehead atoms. The summed E-state index contributed by atoms with van der Waals surface area (Å²) in [6.45, 7) is 5.60. The largest absolute Gasteiger partial charge is 0.400 e. The summed E-state index contributed by atoms with van der Waals surface area (Å²) in [5, 5.41) is -0.455. The molecule has 0 aromatic heterocycles. The van der Waals surface area contributed by atoms with Crippen molar-refractivity contribution >= 4 is 28.7 Å². The summed E-state index contributed by atoms with van der Waals surface area (Å²) in [6, 6.07) is 0. The summed E-state index contributed by atoms with van der Waals surface area (Å²) in [5.74, 6) is 0.780. The molecule has 0 aliphatic rings. The van der Waals surface area contributed by atoms with E-state index < -0.39 is 10.9 Å². The van der Waals surface area contributed by atoms with Crippen LogP contribution in [-0.4, -0.2) is 16.6 Å². The lowest BCUT2D eigenvalue weighted by atomic mass is 10.2. The molecule has 0 aromatic rings. The first kappa shape index (κ1) is 12.1. The van der Waals surface area contributed by atoms with Gasteiger partial charge in [-0.2, -0.15) is 4.89 Å². The van der Waals surface area contributed by atoms with Gasteiger partial charge in [-0.3, -0.25) is 4.89 Å². The van der Waals surface area contributed by atoms with E-state index in [2.05, 4.69) is 9.78 Å². The maximum Gasteiger partial charge on any atom is 0.400 e. The van der Waals surface area contributed by atoms with E-state index in [-0.39, 0.29) is 5.92 Å². The van der Waals surface area contributed by atoms with Crippen LogP contribution in [0, 0.1) is 5.92 Å². The molecule has 0 rings (SSSR count). The number of hydrogen-bond acceptors (Lipinski definition) is 4. The van der Waals surface area contributed by atoms with E-state index in [0.29, 0.717) is 5.75 Å². The van der Waals surface area contributed by atoms with Gasteiger partial charge in [-0.05, 0) is 17.7 Å². The number of rotatable bonds is 4. The zero-order valence-corrected chi connectivity index (χ0v) is 8.95. The molecule has 0 fully saturated rings. The molecule has 0 spiro atoms. The quantitative estimate of drug-likeness (QED) is 0.408. The predicted octanol–water partition coefficient (Wildman–Crippen LogP) is 3.03. The molecule has 12 heavy (non-hydrogen) atoms. The van der Waals surface area contributed by atoms with E-state index in [1.54, 1.807) is 0 Å². The third-order valence-corrected chi connectivity index (χ3v) is 2.16. The molecule has 0 saturated carbocycles. The molecule has 0 N–H and O–H groups in total. The van der Waals surface area contributed by atoms with Gasteiger partial charge in [-0.25, -0.2) is 4.79 Å². The minimum absolute atomic E-state index is 0.117.